The Morgan fingerprint density at radius 2 is 1.82 bits per heavy atom. The van der Waals surface area contributed by atoms with Crippen molar-refractivity contribution in [1.29, 1.82) is 0 Å². The van der Waals surface area contributed by atoms with Gasteiger partial charge in [-0.25, -0.2) is 4.98 Å². The normalized spacial score (nSPS) is 12.9. The maximum absolute atomic E-state index is 13.1. The van der Waals surface area contributed by atoms with Gasteiger partial charge in [-0.2, -0.15) is 13.2 Å². The van der Waals surface area contributed by atoms with Crippen LogP contribution in [0.2, 0.25) is 5.02 Å². The number of rotatable bonds is 11. The smallest absolute Gasteiger partial charge is 0.417 e. The molecule has 0 saturated carbocycles. The number of nitrogens with one attached hydrogen (secondary N) is 1. The zero-order valence-corrected chi connectivity index (χ0v) is 22.3. The van der Waals surface area contributed by atoms with Crippen molar-refractivity contribution in [3.05, 3.63) is 81.8 Å². The van der Waals surface area contributed by atoms with Crippen LogP contribution >= 0.6 is 11.6 Å². The van der Waals surface area contributed by atoms with Gasteiger partial charge < -0.3 is 14.8 Å². The Bertz CT molecular complexity index is 1330. The van der Waals surface area contributed by atoms with E-state index in [0.717, 1.165) is 29.0 Å². The van der Waals surface area contributed by atoms with E-state index < -0.39 is 23.6 Å². The Kier molecular flexibility index (Phi) is 9.80. The Morgan fingerprint density at radius 3 is 2.38 bits per heavy atom. The number of Topliss-reactive ketones (excluding diaryl/α,β-unsaturated/α-hetero) is 1. The summed E-state index contributed by atoms with van der Waals surface area (Å²) in [6.07, 6.45) is -1.41. The second-order valence-corrected chi connectivity index (χ2v) is 9.54. The number of hydrogen-bond donors (Lipinski definition) is 1. The van der Waals surface area contributed by atoms with E-state index in [1.807, 2.05) is 0 Å². The van der Waals surface area contributed by atoms with Crippen LogP contribution in [0.1, 0.15) is 58.4 Å². The molecule has 2 atom stereocenters. The predicted molar refractivity (Wildman–Crippen MR) is 139 cm³/mol. The molecular formula is C28H27ClF3N3O4. The van der Waals surface area contributed by atoms with Crippen LogP contribution in [0.25, 0.3) is 0 Å². The van der Waals surface area contributed by atoms with Crippen molar-refractivity contribution in [2.45, 2.75) is 45.7 Å². The summed E-state index contributed by atoms with van der Waals surface area (Å²) in [6, 6.07) is 9.00. The molecule has 0 aliphatic rings. The molecule has 11 heteroatoms. The number of ketones is 1. The summed E-state index contributed by atoms with van der Waals surface area (Å²) in [5.41, 5.74) is 1.48. The zero-order chi connectivity index (χ0) is 28.7. The number of ether oxygens (including phenoxy) is 1. The van der Waals surface area contributed by atoms with Gasteiger partial charge >= 0.3 is 6.18 Å². The molecule has 0 spiro atoms. The number of aryl methyl sites for hydroxylation is 2. The maximum Gasteiger partial charge on any atom is 0.417 e. The summed E-state index contributed by atoms with van der Waals surface area (Å²) in [7, 11) is 0. The Hall–Kier alpha value is -3.79. The lowest BCUT2D eigenvalue weighted by atomic mass is 9.85. The zero-order valence-electron chi connectivity index (χ0n) is 21.5. The monoisotopic (exact) mass is 561 g/mol. The summed E-state index contributed by atoms with van der Waals surface area (Å²) >= 11 is 5.95. The third kappa shape index (κ3) is 7.86. The van der Waals surface area contributed by atoms with Gasteiger partial charge in [0.15, 0.2) is 0 Å². The van der Waals surface area contributed by atoms with Crippen molar-refractivity contribution in [1.82, 2.24) is 15.3 Å². The largest absolute Gasteiger partial charge is 0.438 e. The average Bonchev–Trinajstić information content (AvgIpc) is 2.88. The molecule has 2 unspecified atom stereocenters. The number of nitrogens with zero attached hydrogens (tertiary/aromatic N) is 2. The van der Waals surface area contributed by atoms with Gasteiger partial charge in [0.05, 0.1) is 5.56 Å². The first-order valence-electron chi connectivity index (χ1n) is 12.1. The molecule has 0 fully saturated rings. The number of aromatic nitrogens is 2. The summed E-state index contributed by atoms with van der Waals surface area (Å²) < 4.78 is 44.2. The number of carbonyl (C=O) groups is 3. The summed E-state index contributed by atoms with van der Waals surface area (Å²) in [6.45, 7) is 5.53. The Balaban J connectivity index is 1.63. The highest BCUT2D eigenvalue weighted by atomic mass is 35.5. The van der Waals surface area contributed by atoms with Crippen LogP contribution in [-0.2, 0) is 15.8 Å². The number of benzene rings is 1. The van der Waals surface area contributed by atoms with Crippen LogP contribution in [0.5, 0.6) is 11.6 Å². The standard InChI is InChI=1S/C28H27ClF3N3O4/c1-16-10-21(39-27-22(29)13-20(14-35-27)28(30,31)32)11-17(2)25(16)18(3)24(37)12-19(15-36)7-9-34-26(38)23-6-4-5-8-33-23/h4-6,8,10-11,13-15,18-19H,7,9,12H2,1-3H3,(H,34,38). The van der Waals surface area contributed by atoms with E-state index in [9.17, 15) is 27.6 Å². The lowest BCUT2D eigenvalue weighted by Gasteiger charge is -2.20. The quantitative estimate of drug-likeness (QED) is 0.278. The number of hydrogen-bond acceptors (Lipinski definition) is 6. The van der Waals surface area contributed by atoms with Crippen LogP contribution in [0.3, 0.4) is 0 Å². The molecule has 1 aromatic carbocycles. The fourth-order valence-electron chi connectivity index (χ4n) is 4.22. The fourth-order valence-corrected chi connectivity index (χ4v) is 4.42. The SMILES string of the molecule is Cc1cc(Oc2ncc(C(F)(F)F)cc2Cl)cc(C)c1C(C)C(=O)CC(C=O)CCNC(=O)c1ccccn1. The lowest BCUT2D eigenvalue weighted by Crippen LogP contribution is -2.27. The summed E-state index contributed by atoms with van der Waals surface area (Å²) in [5.74, 6) is -1.48. The number of alkyl halides is 3. The van der Waals surface area contributed by atoms with Gasteiger partial charge in [0.25, 0.3) is 5.91 Å². The topological polar surface area (TPSA) is 98.2 Å². The van der Waals surface area contributed by atoms with Crippen molar-refractivity contribution in [3.63, 3.8) is 0 Å². The van der Waals surface area contributed by atoms with E-state index >= 15 is 0 Å². The van der Waals surface area contributed by atoms with Crippen molar-refractivity contribution < 1.29 is 32.3 Å². The lowest BCUT2D eigenvalue weighted by molar-refractivity contribution is -0.137. The first kappa shape index (κ1) is 29.8. The molecule has 39 heavy (non-hydrogen) atoms. The predicted octanol–water partition coefficient (Wildman–Crippen LogP) is 6.26. The molecule has 0 bridgehead atoms. The highest BCUT2D eigenvalue weighted by Crippen LogP contribution is 2.36. The molecule has 2 aromatic heterocycles. The fraction of sp³-hybridized carbons (Fsp3) is 0.321. The Morgan fingerprint density at radius 1 is 1.13 bits per heavy atom. The van der Waals surface area contributed by atoms with Crippen LogP contribution in [0.4, 0.5) is 13.2 Å². The van der Waals surface area contributed by atoms with Gasteiger partial charge in [0, 0.05) is 37.2 Å². The molecule has 0 saturated heterocycles. The molecule has 3 aromatic rings. The molecule has 2 heterocycles. The molecule has 206 valence electrons. The molecule has 1 amide bonds. The molecule has 3 rings (SSSR count). The Labute approximate surface area is 228 Å². The summed E-state index contributed by atoms with van der Waals surface area (Å²) in [5, 5.41) is 2.41. The van der Waals surface area contributed by atoms with E-state index in [2.05, 4.69) is 15.3 Å². The molecular weight excluding hydrogens is 535 g/mol. The second kappa shape index (κ2) is 12.8. The second-order valence-electron chi connectivity index (χ2n) is 9.13. The van der Waals surface area contributed by atoms with E-state index in [4.69, 9.17) is 16.3 Å². The van der Waals surface area contributed by atoms with Crippen LogP contribution in [-0.4, -0.2) is 34.5 Å². The van der Waals surface area contributed by atoms with Crippen molar-refractivity contribution >= 4 is 29.6 Å². The highest BCUT2D eigenvalue weighted by molar-refractivity contribution is 6.31. The third-order valence-electron chi connectivity index (χ3n) is 6.19. The highest BCUT2D eigenvalue weighted by Gasteiger charge is 2.32. The summed E-state index contributed by atoms with van der Waals surface area (Å²) in [4.78, 5) is 44.5. The maximum atomic E-state index is 13.1. The number of halogens is 4. The van der Waals surface area contributed by atoms with E-state index in [0.29, 0.717) is 18.4 Å². The first-order valence-corrected chi connectivity index (χ1v) is 12.5. The number of aldehydes is 1. The number of carbonyl (C=O) groups excluding carboxylic acids is 3. The number of pyridine rings is 2. The first-order chi connectivity index (χ1) is 18.4. The van der Waals surface area contributed by atoms with Crippen LogP contribution < -0.4 is 10.1 Å². The molecule has 1 N–H and O–H groups in total. The molecule has 0 radical (unpaired) electrons. The molecule has 0 aliphatic heterocycles. The van der Waals surface area contributed by atoms with Crippen molar-refractivity contribution in [2.75, 3.05) is 6.54 Å². The molecule has 0 aliphatic carbocycles. The van der Waals surface area contributed by atoms with Gasteiger partial charge in [-0.1, -0.05) is 24.6 Å². The minimum absolute atomic E-state index is 0.00629. The van der Waals surface area contributed by atoms with Crippen molar-refractivity contribution in [2.24, 2.45) is 5.92 Å². The van der Waals surface area contributed by atoms with Gasteiger partial charge in [-0.05, 0) is 67.3 Å². The van der Waals surface area contributed by atoms with Gasteiger partial charge in [0.2, 0.25) is 5.88 Å². The van der Waals surface area contributed by atoms with Gasteiger partial charge in [0.1, 0.15) is 28.5 Å². The van der Waals surface area contributed by atoms with Crippen molar-refractivity contribution in [3.8, 4) is 11.6 Å². The van der Waals surface area contributed by atoms with Crippen LogP contribution in [0.15, 0.2) is 48.8 Å². The average molecular weight is 562 g/mol. The number of amides is 1. The van der Waals surface area contributed by atoms with E-state index in [1.165, 1.54) is 6.20 Å². The van der Waals surface area contributed by atoms with E-state index in [-0.39, 0.29) is 41.3 Å². The van der Waals surface area contributed by atoms with Gasteiger partial charge in [-0.3, -0.25) is 14.6 Å². The molecule has 7 nitrogen and oxygen atoms in total. The van der Waals surface area contributed by atoms with Crippen LogP contribution in [0, 0.1) is 19.8 Å². The minimum Gasteiger partial charge on any atom is -0.438 e. The minimum atomic E-state index is -4.58. The van der Waals surface area contributed by atoms with E-state index in [1.54, 1.807) is 51.1 Å². The van der Waals surface area contributed by atoms with Gasteiger partial charge in [-0.15, -0.1) is 0 Å². The third-order valence-corrected chi connectivity index (χ3v) is 6.46.